The summed E-state index contributed by atoms with van der Waals surface area (Å²) in [6.45, 7) is 1.57. The highest BCUT2D eigenvalue weighted by molar-refractivity contribution is 5.77. The first-order chi connectivity index (χ1) is 7.75. The Labute approximate surface area is 95.5 Å². The number of nitrogens with two attached hydrogens (primary N) is 1. The molecule has 0 aromatic carbocycles. The van der Waals surface area contributed by atoms with Crippen molar-refractivity contribution >= 4 is 5.91 Å². The first kappa shape index (κ1) is 11.1. The molecule has 1 fully saturated rings. The summed E-state index contributed by atoms with van der Waals surface area (Å²) in [5.41, 5.74) is 6.91. The van der Waals surface area contributed by atoms with Crippen LogP contribution >= 0.6 is 0 Å². The van der Waals surface area contributed by atoms with E-state index in [2.05, 4.69) is 4.98 Å². The normalized spacial score (nSPS) is 21.2. The Morgan fingerprint density at radius 2 is 2.44 bits per heavy atom. The second kappa shape index (κ2) is 5.07. The average molecular weight is 219 g/mol. The number of carbonyl (C=O) groups excluding carboxylic acids is 1. The molecule has 0 radical (unpaired) electrons. The van der Waals surface area contributed by atoms with Crippen LogP contribution < -0.4 is 5.73 Å². The summed E-state index contributed by atoms with van der Waals surface area (Å²) in [5, 5.41) is 0. The number of nitrogens with zero attached hydrogens (tertiary/aromatic N) is 2. The van der Waals surface area contributed by atoms with Gasteiger partial charge < -0.3 is 10.6 Å². The third kappa shape index (κ3) is 2.79. The lowest BCUT2D eigenvalue weighted by molar-refractivity contribution is -0.133. The van der Waals surface area contributed by atoms with E-state index in [0.717, 1.165) is 25.9 Å². The fraction of sp³-hybridized carbons (Fsp3) is 0.500. The van der Waals surface area contributed by atoms with Gasteiger partial charge in [-0.3, -0.25) is 9.78 Å². The van der Waals surface area contributed by atoms with Gasteiger partial charge in [-0.2, -0.15) is 0 Å². The molecule has 1 aliphatic rings. The van der Waals surface area contributed by atoms with E-state index in [1.165, 1.54) is 5.56 Å². The summed E-state index contributed by atoms with van der Waals surface area (Å²) >= 11 is 0. The molecule has 2 rings (SSSR count). The zero-order valence-electron chi connectivity index (χ0n) is 9.30. The molecule has 4 nitrogen and oxygen atoms in total. The summed E-state index contributed by atoms with van der Waals surface area (Å²) in [6.07, 6.45) is 5.88. The SMILES string of the molecule is NC1CCN(CCc2cccnc2)C(=O)C1. The molecule has 1 aromatic rings. The van der Waals surface area contributed by atoms with E-state index in [9.17, 15) is 4.79 Å². The molecule has 1 atom stereocenters. The fourth-order valence-corrected chi connectivity index (χ4v) is 1.95. The summed E-state index contributed by atoms with van der Waals surface area (Å²) in [6, 6.07) is 4.01. The quantitative estimate of drug-likeness (QED) is 0.808. The van der Waals surface area contributed by atoms with Crippen LogP contribution in [-0.2, 0) is 11.2 Å². The van der Waals surface area contributed by atoms with Crippen molar-refractivity contribution in [3.05, 3.63) is 30.1 Å². The van der Waals surface area contributed by atoms with Crippen molar-refractivity contribution in [2.75, 3.05) is 13.1 Å². The van der Waals surface area contributed by atoms with Crippen LogP contribution in [0.25, 0.3) is 0 Å². The number of piperidine rings is 1. The average Bonchev–Trinajstić information content (AvgIpc) is 2.29. The molecule has 16 heavy (non-hydrogen) atoms. The Morgan fingerprint density at radius 3 is 3.12 bits per heavy atom. The van der Waals surface area contributed by atoms with Crippen LogP contribution in [0.1, 0.15) is 18.4 Å². The smallest absolute Gasteiger partial charge is 0.224 e. The van der Waals surface area contributed by atoms with E-state index in [1.807, 2.05) is 23.2 Å². The standard InChI is InChI=1S/C12H17N3O/c13-11-4-7-15(12(16)8-11)6-3-10-2-1-5-14-9-10/h1-2,5,9,11H,3-4,6-8,13H2. The van der Waals surface area contributed by atoms with Gasteiger partial charge >= 0.3 is 0 Å². The van der Waals surface area contributed by atoms with E-state index >= 15 is 0 Å². The summed E-state index contributed by atoms with van der Waals surface area (Å²) < 4.78 is 0. The minimum atomic E-state index is 0.0575. The first-order valence-electron chi connectivity index (χ1n) is 5.68. The Bertz CT molecular complexity index is 353. The number of hydrogen-bond donors (Lipinski definition) is 1. The van der Waals surface area contributed by atoms with Crippen molar-refractivity contribution in [3.63, 3.8) is 0 Å². The zero-order valence-corrected chi connectivity index (χ0v) is 9.30. The molecule has 1 unspecified atom stereocenters. The molecule has 0 aliphatic carbocycles. The maximum Gasteiger partial charge on any atom is 0.224 e. The molecule has 2 N–H and O–H groups in total. The largest absolute Gasteiger partial charge is 0.342 e. The van der Waals surface area contributed by atoms with E-state index < -0.39 is 0 Å². The second-order valence-electron chi connectivity index (χ2n) is 4.24. The van der Waals surface area contributed by atoms with Crippen LogP contribution in [-0.4, -0.2) is 34.9 Å². The number of pyridine rings is 1. The number of likely N-dealkylation sites (tertiary alicyclic amines) is 1. The van der Waals surface area contributed by atoms with Gasteiger partial charge in [-0.1, -0.05) is 6.07 Å². The molecule has 1 saturated heterocycles. The lowest BCUT2D eigenvalue weighted by atomic mass is 10.0. The predicted molar refractivity (Wildman–Crippen MR) is 61.7 cm³/mol. The molecule has 1 aromatic heterocycles. The van der Waals surface area contributed by atoms with E-state index in [0.29, 0.717) is 6.42 Å². The number of aromatic nitrogens is 1. The van der Waals surface area contributed by atoms with E-state index in [-0.39, 0.29) is 11.9 Å². The minimum Gasteiger partial charge on any atom is -0.342 e. The molecule has 0 saturated carbocycles. The number of rotatable bonds is 3. The van der Waals surface area contributed by atoms with Gasteiger partial charge in [-0.25, -0.2) is 0 Å². The van der Waals surface area contributed by atoms with Crippen molar-refractivity contribution in [1.29, 1.82) is 0 Å². The van der Waals surface area contributed by atoms with Crippen molar-refractivity contribution in [1.82, 2.24) is 9.88 Å². The molecule has 86 valence electrons. The Hall–Kier alpha value is -1.42. The van der Waals surface area contributed by atoms with Gasteiger partial charge in [0.2, 0.25) is 5.91 Å². The maximum atomic E-state index is 11.7. The van der Waals surface area contributed by atoms with Gasteiger partial charge in [-0.05, 0) is 24.5 Å². The molecular weight excluding hydrogens is 202 g/mol. The Morgan fingerprint density at radius 1 is 1.56 bits per heavy atom. The molecule has 0 spiro atoms. The van der Waals surface area contributed by atoms with Crippen LogP contribution in [0, 0.1) is 0 Å². The molecule has 4 heteroatoms. The van der Waals surface area contributed by atoms with Crippen molar-refractivity contribution in [2.24, 2.45) is 5.73 Å². The lowest BCUT2D eigenvalue weighted by Gasteiger charge is -2.29. The lowest BCUT2D eigenvalue weighted by Crippen LogP contribution is -2.44. The number of amides is 1. The van der Waals surface area contributed by atoms with E-state index in [4.69, 9.17) is 5.73 Å². The molecule has 1 aliphatic heterocycles. The second-order valence-corrected chi connectivity index (χ2v) is 4.24. The highest BCUT2D eigenvalue weighted by Crippen LogP contribution is 2.10. The Kier molecular flexibility index (Phi) is 3.51. The van der Waals surface area contributed by atoms with Crippen LogP contribution in [0.15, 0.2) is 24.5 Å². The van der Waals surface area contributed by atoms with Crippen LogP contribution in [0.3, 0.4) is 0 Å². The zero-order chi connectivity index (χ0) is 11.4. The summed E-state index contributed by atoms with van der Waals surface area (Å²) in [5.74, 6) is 0.183. The van der Waals surface area contributed by atoms with Crippen LogP contribution in [0.2, 0.25) is 0 Å². The maximum absolute atomic E-state index is 11.7. The van der Waals surface area contributed by atoms with Crippen LogP contribution in [0.5, 0.6) is 0 Å². The molecule has 2 heterocycles. The third-order valence-electron chi connectivity index (χ3n) is 2.95. The summed E-state index contributed by atoms with van der Waals surface area (Å²) in [7, 11) is 0. The number of carbonyl (C=O) groups is 1. The van der Waals surface area contributed by atoms with Gasteiger partial charge in [0.25, 0.3) is 0 Å². The van der Waals surface area contributed by atoms with E-state index in [1.54, 1.807) is 6.20 Å². The monoisotopic (exact) mass is 219 g/mol. The van der Waals surface area contributed by atoms with Crippen molar-refractivity contribution < 1.29 is 4.79 Å². The minimum absolute atomic E-state index is 0.0575. The van der Waals surface area contributed by atoms with Gasteiger partial charge in [0.1, 0.15) is 0 Å². The predicted octanol–water partition coefficient (Wildman–Crippen LogP) is 0.574. The molecule has 1 amide bonds. The van der Waals surface area contributed by atoms with Gasteiger partial charge in [0.05, 0.1) is 0 Å². The van der Waals surface area contributed by atoms with Crippen molar-refractivity contribution in [2.45, 2.75) is 25.3 Å². The Balaban J connectivity index is 1.84. The molecular formula is C12H17N3O. The third-order valence-corrected chi connectivity index (χ3v) is 2.95. The summed E-state index contributed by atoms with van der Waals surface area (Å²) in [4.78, 5) is 17.6. The highest BCUT2D eigenvalue weighted by Gasteiger charge is 2.22. The molecule has 0 bridgehead atoms. The highest BCUT2D eigenvalue weighted by atomic mass is 16.2. The first-order valence-corrected chi connectivity index (χ1v) is 5.68. The van der Waals surface area contributed by atoms with Gasteiger partial charge in [0.15, 0.2) is 0 Å². The fourth-order valence-electron chi connectivity index (χ4n) is 1.95. The number of hydrogen-bond acceptors (Lipinski definition) is 3. The van der Waals surface area contributed by atoms with Crippen LogP contribution in [0.4, 0.5) is 0 Å². The topological polar surface area (TPSA) is 59.2 Å². The van der Waals surface area contributed by atoms with Crippen molar-refractivity contribution in [3.8, 4) is 0 Å². The van der Waals surface area contributed by atoms with Gasteiger partial charge in [-0.15, -0.1) is 0 Å². The van der Waals surface area contributed by atoms with Gasteiger partial charge in [0, 0.05) is 37.9 Å².